The molecule has 0 atom stereocenters. The number of carbonyl (C=O) groups excluding carboxylic acids is 1. The van der Waals surface area contributed by atoms with Crippen LogP contribution in [0, 0.1) is 5.92 Å². The SMILES string of the molecule is CC1CCN(C(=O)c2cncc(NCc3ccncc3)c2)CC1. The van der Waals surface area contributed by atoms with E-state index in [9.17, 15) is 4.79 Å². The maximum Gasteiger partial charge on any atom is 0.255 e. The summed E-state index contributed by atoms with van der Waals surface area (Å²) in [6.45, 7) is 4.61. The molecule has 5 nitrogen and oxygen atoms in total. The lowest BCUT2D eigenvalue weighted by Crippen LogP contribution is -2.37. The molecule has 3 rings (SSSR count). The molecule has 0 spiro atoms. The van der Waals surface area contributed by atoms with E-state index in [1.165, 1.54) is 0 Å². The molecule has 120 valence electrons. The monoisotopic (exact) mass is 310 g/mol. The molecule has 2 aromatic rings. The quantitative estimate of drug-likeness (QED) is 0.943. The molecule has 5 heteroatoms. The number of pyridine rings is 2. The van der Waals surface area contributed by atoms with Crippen molar-refractivity contribution in [3.05, 3.63) is 54.1 Å². The van der Waals surface area contributed by atoms with E-state index in [1.54, 1.807) is 24.8 Å². The lowest BCUT2D eigenvalue weighted by Gasteiger charge is -2.30. The molecule has 1 saturated heterocycles. The van der Waals surface area contributed by atoms with E-state index in [-0.39, 0.29) is 5.91 Å². The summed E-state index contributed by atoms with van der Waals surface area (Å²) >= 11 is 0. The van der Waals surface area contributed by atoms with Crippen molar-refractivity contribution in [2.45, 2.75) is 26.3 Å². The largest absolute Gasteiger partial charge is 0.380 e. The van der Waals surface area contributed by atoms with Gasteiger partial charge in [0, 0.05) is 44.4 Å². The fourth-order valence-electron chi connectivity index (χ4n) is 2.75. The van der Waals surface area contributed by atoms with Crippen molar-refractivity contribution in [3.63, 3.8) is 0 Å². The molecule has 1 aliphatic rings. The number of carbonyl (C=O) groups is 1. The van der Waals surface area contributed by atoms with Crippen molar-refractivity contribution in [2.24, 2.45) is 5.92 Å². The summed E-state index contributed by atoms with van der Waals surface area (Å²) < 4.78 is 0. The van der Waals surface area contributed by atoms with E-state index in [0.29, 0.717) is 18.0 Å². The Kier molecular flexibility index (Phi) is 4.86. The Morgan fingerprint density at radius 1 is 1.22 bits per heavy atom. The number of nitrogens with one attached hydrogen (secondary N) is 1. The van der Waals surface area contributed by atoms with Crippen molar-refractivity contribution in [1.29, 1.82) is 0 Å². The van der Waals surface area contributed by atoms with E-state index in [0.717, 1.165) is 37.2 Å². The topological polar surface area (TPSA) is 58.1 Å². The Labute approximate surface area is 136 Å². The van der Waals surface area contributed by atoms with Gasteiger partial charge in [-0.1, -0.05) is 6.92 Å². The number of likely N-dealkylation sites (tertiary alicyclic amines) is 1. The number of amides is 1. The zero-order chi connectivity index (χ0) is 16.1. The van der Waals surface area contributed by atoms with Crippen LogP contribution in [0.3, 0.4) is 0 Å². The molecule has 23 heavy (non-hydrogen) atoms. The van der Waals surface area contributed by atoms with Gasteiger partial charge in [0.2, 0.25) is 0 Å². The molecular weight excluding hydrogens is 288 g/mol. The Hall–Kier alpha value is -2.43. The van der Waals surface area contributed by atoms with Crippen LogP contribution in [0.15, 0.2) is 43.0 Å². The molecule has 0 aromatic carbocycles. The van der Waals surface area contributed by atoms with Crippen LogP contribution in [0.1, 0.15) is 35.7 Å². The van der Waals surface area contributed by atoms with E-state index < -0.39 is 0 Å². The first-order valence-electron chi connectivity index (χ1n) is 8.09. The maximum absolute atomic E-state index is 12.6. The summed E-state index contributed by atoms with van der Waals surface area (Å²) in [4.78, 5) is 22.7. The van der Waals surface area contributed by atoms with E-state index >= 15 is 0 Å². The third kappa shape index (κ3) is 4.06. The van der Waals surface area contributed by atoms with Gasteiger partial charge in [-0.2, -0.15) is 0 Å². The van der Waals surface area contributed by atoms with Crippen molar-refractivity contribution >= 4 is 11.6 Å². The second-order valence-electron chi connectivity index (χ2n) is 6.15. The van der Waals surface area contributed by atoms with Crippen molar-refractivity contribution in [1.82, 2.24) is 14.9 Å². The number of anilines is 1. The fourth-order valence-corrected chi connectivity index (χ4v) is 2.75. The third-order valence-corrected chi connectivity index (χ3v) is 4.30. The predicted molar refractivity (Wildman–Crippen MR) is 90.1 cm³/mol. The molecule has 1 N–H and O–H groups in total. The summed E-state index contributed by atoms with van der Waals surface area (Å²) in [5.74, 6) is 0.794. The van der Waals surface area contributed by atoms with Gasteiger partial charge in [-0.15, -0.1) is 0 Å². The zero-order valence-electron chi connectivity index (χ0n) is 13.4. The fraction of sp³-hybridized carbons (Fsp3) is 0.389. The smallest absolute Gasteiger partial charge is 0.255 e. The van der Waals surface area contributed by atoms with Crippen LogP contribution in [0.2, 0.25) is 0 Å². The van der Waals surface area contributed by atoms with Gasteiger partial charge >= 0.3 is 0 Å². The van der Waals surface area contributed by atoms with Crippen molar-refractivity contribution in [2.75, 3.05) is 18.4 Å². The average Bonchev–Trinajstić information content (AvgIpc) is 2.61. The van der Waals surface area contributed by atoms with Crippen LogP contribution in [-0.2, 0) is 6.54 Å². The van der Waals surface area contributed by atoms with Gasteiger partial charge < -0.3 is 10.2 Å². The predicted octanol–water partition coefficient (Wildman–Crippen LogP) is 2.96. The number of piperidine rings is 1. The summed E-state index contributed by atoms with van der Waals surface area (Å²) in [7, 11) is 0. The normalized spacial score (nSPS) is 15.4. The first-order chi connectivity index (χ1) is 11.2. The number of hydrogen-bond donors (Lipinski definition) is 1. The summed E-state index contributed by atoms with van der Waals surface area (Å²) in [6.07, 6.45) is 9.10. The highest BCUT2D eigenvalue weighted by atomic mass is 16.2. The van der Waals surface area contributed by atoms with Gasteiger partial charge in [-0.05, 0) is 42.5 Å². The number of aromatic nitrogens is 2. The minimum absolute atomic E-state index is 0.0805. The van der Waals surface area contributed by atoms with E-state index in [1.807, 2.05) is 23.1 Å². The molecule has 1 fully saturated rings. The third-order valence-electron chi connectivity index (χ3n) is 4.30. The summed E-state index contributed by atoms with van der Waals surface area (Å²) in [5.41, 5.74) is 2.65. The molecule has 1 amide bonds. The maximum atomic E-state index is 12.6. The van der Waals surface area contributed by atoms with Crippen LogP contribution >= 0.6 is 0 Å². The standard InChI is InChI=1S/C18H22N4O/c1-14-4-8-22(9-5-14)18(23)16-10-17(13-20-12-16)21-11-15-2-6-19-7-3-15/h2-3,6-7,10,12-14,21H,4-5,8-9,11H2,1H3. The summed E-state index contributed by atoms with van der Waals surface area (Å²) in [6, 6.07) is 5.81. The van der Waals surface area contributed by atoms with Gasteiger partial charge in [0.25, 0.3) is 5.91 Å². The first kappa shape index (κ1) is 15.5. The highest BCUT2D eigenvalue weighted by Gasteiger charge is 2.21. The van der Waals surface area contributed by atoms with Crippen molar-refractivity contribution in [3.8, 4) is 0 Å². The van der Waals surface area contributed by atoms with Crippen LogP contribution < -0.4 is 5.32 Å². The van der Waals surface area contributed by atoms with Gasteiger partial charge in [-0.3, -0.25) is 14.8 Å². The van der Waals surface area contributed by atoms with Crippen molar-refractivity contribution < 1.29 is 4.79 Å². The number of hydrogen-bond acceptors (Lipinski definition) is 4. The van der Waals surface area contributed by atoms with Crippen LogP contribution in [-0.4, -0.2) is 33.9 Å². The first-order valence-corrected chi connectivity index (χ1v) is 8.09. The highest BCUT2D eigenvalue weighted by molar-refractivity contribution is 5.94. The Morgan fingerprint density at radius 3 is 2.70 bits per heavy atom. The lowest BCUT2D eigenvalue weighted by atomic mass is 9.99. The van der Waals surface area contributed by atoms with Crippen LogP contribution in [0.25, 0.3) is 0 Å². The molecule has 0 radical (unpaired) electrons. The highest BCUT2D eigenvalue weighted by Crippen LogP contribution is 2.19. The van der Waals surface area contributed by atoms with Gasteiger partial charge in [0.15, 0.2) is 0 Å². The molecule has 0 saturated carbocycles. The van der Waals surface area contributed by atoms with Crippen LogP contribution in [0.5, 0.6) is 0 Å². The molecule has 2 aromatic heterocycles. The molecule has 1 aliphatic heterocycles. The summed E-state index contributed by atoms with van der Waals surface area (Å²) in [5, 5.41) is 3.31. The van der Waals surface area contributed by atoms with E-state index in [2.05, 4.69) is 22.2 Å². The molecular formula is C18H22N4O. The molecule has 3 heterocycles. The lowest BCUT2D eigenvalue weighted by molar-refractivity contribution is 0.0697. The van der Waals surface area contributed by atoms with Gasteiger partial charge in [0.05, 0.1) is 11.3 Å². The molecule has 0 bridgehead atoms. The number of rotatable bonds is 4. The van der Waals surface area contributed by atoms with Gasteiger partial charge in [0.1, 0.15) is 0 Å². The minimum atomic E-state index is 0.0805. The molecule has 0 aliphatic carbocycles. The zero-order valence-corrected chi connectivity index (χ0v) is 13.4. The Morgan fingerprint density at radius 2 is 1.96 bits per heavy atom. The van der Waals surface area contributed by atoms with Crippen LogP contribution in [0.4, 0.5) is 5.69 Å². The minimum Gasteiger partial charge on any atom is -0.380 e. The Bertz CT molecular complexity index is 651. The second-order valence-corrected chi connectivity index (χ2v) is 6.15. The second kappa shape index (κ2) is 7.22. The average molecular weight is 310 g/mol. The Balaban J connectivity index is 1.64. The molecule has 0 unspecified atom stereocenters. The van der Waals surface area contributed by atoms with E-state index in [4.69, 9.17) is 0 Å². The number of nitrogens with zero attached hydrogens (tertiary/aromatic N) is 3. The van der Waals surface area contributed by atoms with Gasteiger partial charge in [-0.25, -0.2) is 0 Å².